The number of rotatable bonds is 4. The number of hydrogen-bond acceptors (Lipinski definition) is 7. The summed E-state index contributed by atoms with van der Waals surface area (Å²) in [6, 6.07) is 17.2. The first-order chi connectivity index (χ1) is 14.1. The van der Waals surface area contributed by atoms with Crippen LogP contribution in [0.1, 0.15) is 17.5 Å². The van der Waals surface area contributed by atoms with Gasteiger partial charge in [0, 0.05) is 0 Å². The molecule has 1 aromatic heterocycles. The topological polar surface area (TPSA) is 67.7 Å². The average Bonchev–Trinajstić information content (AvgIpc) is 3.30. The highest BCUT2D eigenvalue weighted by atomic mass is 32.2. The van der Waals surface area contributed by atoms with Crippen LogP contribution in [0.3, 0.4) is 0 Å². The lowest BCUT2D eigenvalue weighted by Crippen LogP contribution is -2.28. The predicted octanol–water partition coefficient (Wildman–Crippen LogP) is 5.05. The molecule has 3 aromatic rings. The summed E-state index contributed by atoms with van der Waals surface area (Å²) in [6.45, 7) is 3.82. The van der Waals surface area contributed by atoms with E-state index < -0.39 is 0 Å². The van der Waals surface area contributed by atoms with Crippen LogP contribution >= 0.6 is 23.1 Å². The molecule has 4 rings (SSSR count). The van der Waals surface area contributed by atoms with Gasteiger partial charge in [0.05, 0.1) is 17.7 Å². The third-order valence-corrected chi connectivity index (χ3v) is 6.22. The van der Waals surface area contributed by atoms with E-state index in [0.29, 0.717) is 15.2 Å². The Morgan fingerprint density at radius 2 is 1.90 bits per heavy atom. The zero-order valence-corrected chi connectivity index (χ0v) is 17.8. The number of nitrogens with zero attached hydrogens (tertiary/aromatic N) is 4. The van der Waals surface area contributed by atoms with Gasteiger partial charge >= 0.3 is 0 Å². The van der Waals surface area contributed by atoms with Crippen molar-refractivity contribution in [2.75, 3.05) is 12.0 Å². The molecule has 0 spiro atoms. The molecule has 1 amide bonds. The van der Waals surface area contributed by atoms with Gasteiger partial charge in [-0.1, -0.05) is 41.7 Å². The highest BCUT2D eigenvalue weighted by Gasteiger charge is 2.36. The fraction of sp³-hybridized carbons (Fsp3) is 0.143. The molecule has 1 fully saturated rings. The van der Waals surface area contributed by atoms with Crippen LogP contribution in [0.25, 0.3) is 5.57 Å². The zero-order valence-electron chi connectivity index (χ0n) is 16.1. The number of methoxy groups -OCH3 is 1. The monoisotopic (exact) mass is 422 g/mol. The lowest BCUT2D eigenvalue weighted by molar-refractivity contribution is -0.113. The maximum absolute atomic E-state index is 13.4. The number of anilines is 1. The standard InChI is InChI=1S/C21H18N4O2S2/c1-13(15-8-7-11-17(12-15)27-3)18-19(26)25(16-9-5-4-6-10-16)21(29-18)22-20-24-23-14(2)28-20/h4-12H,1-3H3/b18-13-,22-21+. The molecule has 0 unspecified atom stereocenters. The van der Waals surface area contributed by atoms with Crippen LogP contribution in [0.15, 0.2) is 64.5 Å². The Labute approximate surface area is 177 Å². The van der Waals surface area contributed by atoms with Gasteiger partial charge in [0.15, 0.2) is 5.17 Å². The van der Waals surface area contributed by atoms with Gasteiger partial charge in [-0.3, -0.25) is 9.69 Å². The number of ether oxygens (including phenoxy) is 1. The minimum absolute atomic E-state index is 0.110. The minimum Gasteiger partial charge on any atom is -0.497 e. The molecular weight excluding hydrogens is 404 g/mol. The molecule has 2 heterocycles. The largest absolute Gasteiger partial charge is 0.497 e. The van der Waals surface area contributed by atoms with Crippen molar-refractivity contribution in [1.82, 2.24) is 10.2 Å². The number of amides is 1. The van der Waals surface area contributed by atoms with Gasteiger partial charge in [0.25, 0.3) is 5.91 Å². The Morgan fingerprint density at radius 1 is 1.10 bits per heavy atom. The van der Waals surface area contributed by atoms with Crippen molar-refractivity contribution in [1.29, 1.82) is 0 Å². The van der Waals surface area contributed by atoms with Crippen LogP contribution < -0.4 is 9.64 Å². The van der Waals surface area contributed by atoms with Crippen molar-refractivity contribution < 1.29 is 9.53 Å². The number of aryl methyl sites for hydroxylation is 1. The Morgan fingerprint density at radius 3 is 2.59 bits per heavy atom. The molecule has 0 radical (unpaired) electrons. The van der Waals surface area contributed by atoms with Crippen LogP contribution in [-0.4, -0.2) is 28.4 Å². The Bertz CT molecular complexity index is 1120. The van der Waals surface area contributed by atoms with E-state index in [1.807, 2.05) is 68.4 Å². The second-order valence-electron chi connectivity index (χ2n) is 6.26. The average molecular weight is 423 g/mol. The number of aromatic nitrogens is 2. The first-order valence-electron chi connectivity index (χ1n) is 8.88. The number of aliphatic imine (C=N–C) groups is 1. The lowest BCUT2D eigenvalue weighted by atomic mass is 10.1. The van der Waals surface area contributed by atoms with Crippen LogP contribution in [-0.2, 0) is 4.79 Å². The number of carbonyl (C=O) groups is 1. The second-order valence-corrected chi connectivity index (χ2v) is 8.40. The minimum atomic E-state index is -0.110. The Balaban J connectivity index is 1.81. The number of thioether (sulfide) groups is 1. The van der Waals surface area contributed by atoms with Gasteiger partial charge in [-0.15, -0.1) is 10.2 Å². The smallest absolute Gasteiger partial charge is 0.271 e. The summed E-state index contributed by atoms with van der Waals surface area (Å²) in [5.74, 6) is 0.637. The van der Waals surface area contributed by atoms with Gasteiger partial charge in [-0.25, -0.2) is 0 Å². The van der Waals surface area contributed by atoms with Crippen molar-refractivity contribution in [3.63, 3.8) is 0 Å². The SMILES string of the molecule is COc1cccc(/C(C)=C2\S/C(=N/c3nnc(C)s3)N(c3ccccc3)C2=O)c1. The summed E-state index contributed by atoms with van der Waals surface area (Å²) in [6.07, 6.45) is 0. The predicted molar refractivity (Wildman–Crippen MR) is 119 cm³/mol. The number of amidine groups is 1. The normalized spacial score (nSPS) is 17.1. The molecule has 146 valence electrons. The van der Waals surface area contributed by atoms with E-state index >= 15 is 0 Å². The Hall–Kier alpha value is -2.97. The maximum Gasteiger partial charge on any atom is 0.271 e. The third kappa shape index (κ3) is 3.94. The van der Waals surface area contributed by atoms with E-state index in [-0.39, 0.29) is 5.91 Å². The van der Waals surface area contributed by atoms with Gasteiger partial charge in [-0.2, -0.15) is 4.99 Å². The fourth-order valence-electron chi connectivity index (χ4n) is 2.88. The van der Waals surface area contributed by atoms with Crippen molar-refractivity contribution in [3.05, 3.63) is 70.1 Å². The van der Waals surface area contributed by atoms with E-state index in [2.05, 4.69) is 15.2 Å². The van der Waals surface area contributed by atoms with Gasteiger partial charge in [0.1, 0.15) is 10.8 Å². The number of benzene rings is 2. The summed E-state index contributed by atoms with van der Waals surface area (Å²) in [5.41, 5.74) is 2.57. The van der Waals surface area contributed by atoms with Crippen LogP contribution in [0.4, 0.5) is 10.8 Å². The molecule has 0 aliphatic carbocycles. The number of para-hydroxylation sites is 1. The van der Waals surface area contributed by atoms with Crippen LogP contribution in [0.5, 0.6) is 5.75 Å². The number of allylic oxidation sites excluding steroid dienone is 1. The molecule has 1 aliphatic heterocycles. The van der Waals surface area contributed by atoms with Crippen molar-refractivity contribution >= 4 is 50.6 Å². The van der Waals surface area contributed by atoms with Crippen molar-refractivity contribution in [3.8, 4) is 5.75 Å². The van der Waals surface area contributed by atoms with Crippen LogP contribution in [0.2, 0.25) is 0 Å². The molecule has 0 bridgehead atoms. The molecule has 1 aliphatic rings. The van der Waals surface area contributed by atoms with E-state index in [4.69, 9.17) is 4.74 Å². The van der Waals surface area contributed by atoms with Gasteiger partial charge < -0.3 is 4.74 Å². The summed E-state index contributed by atoms with van der Waals surface area (Å²) in [4.78, 5) is 20.3. The van der Waals surface area contributed by atoms with Gasteiger partial charge in [-0.05, 0) is 61.0 Å². The molecule has 0 saturated carbocycles. The fourth-order valence-corrected chi connectivity index (χ4v) is 4.55. The van der Waals surface area contributed by atoms with Crippen molar-refractivity contribution in [2.24, 2.45) is 4.99 Å². The second kappa shape index (κ2) is 8.18. The third-order valence-electron chi connectivity index (χ3n) is 4.35. The first-order valence-corrected chi connectivity index (χ1v) is 10.5. The molecule has 0 N–H and O–H groups in total. The lowest BCUT2D eigenvalue weighted by Gasteiger charge is -2.15. The zero-order chi connectivity index (χ0) is 20.4. The maximum atomic E-state index is 13.4. The summed E-state index contributed by atoms with van der Waals surface area (Å²) < 4.78 is 5.33. The molecule has 6 nitrogen and oxygen atoms in total. The first kappa shape index (κ1) is 19.4. The summed E-state index contributed by atoms with van der Waals surface area (Å²) >= 11 is 2.74. The molecule has 2 aromatic carbocycles. The van der Waals surface area contributed by atoms with Crippen molar-refractivity contribution in [2.45, 2.75) is 13.8 Å². The highest BCUT2D eigenvalue weighted by molar-refractivity contribution is 8.19. The van der Waals surface area contributed by atoms with Crippen LogP contribution in [0, 0.1) is 6.92 Å². The molecule has 0 atom stereocenters. The summed E-state index contributed by atoms with van der Waals surface area (Å²) in [7, 11) is 1.63. The molecule has 29 heavy (non-hydrogen) atoms. The summed E-state index contributed by atoms with van der Waals surface area (Å²) in [5, 5.41) is 10.0. The number of carbonyl (C=O) groups excluding carboxylic acids is 1. The van der Waals surface area contributed by atoms with E-state index in [1.165, 1.54) is 23.1 Å². The van der Waals surface area contributed by atoms with E-state index in [9.17, 15) is 4.79 Å². The quantitative estimate of drug-likeness (QED) is 0.550. The van der Waals surface area contributed by atoms with E-state index in [0.717, 1.165) is 27.6 Å². The Kier molecular flexibility index (Phi) is 5.46. The number of hydrogen-bond donors (Lipinski definition) is 0. The molecular formula is C21H18N4O2S2. The molecule has 1 saturated heterocycles. The van der Waals surface area contributed by atoms with E-state index in [1.54, 1.807) is 12.0 Å². The van der Waals surface area contributed by atoms with Gasteiger partial charge in [0.2, 0.25) is 5.13 Å². The highest BCUT2D eigenvalue weighted by Crippen LogP contribution is 2.40. The molecule has 8 heteroatoms.